The van der Waals surface area contributed by atoms with Crippen molar-refractivity contribution in [2.45, 2.75) is 0 Å². The Morgan fingerprint density at radius 2 is 1.90 bits per heavy atom. The smallest absolute Gasteiger partial charge is 0.288 e. The van der Waals surface area contributed by atoms with E-state index in [0.717, 1.165) is 0 Å². The third-order valence-corrected chi connectivity index (χ3v) is 4.48. The summed E-state index contributed by atoms with van der Waals surface area (Å²) in [5.74, 6) is 0.0114. The predicted molar refractivity (Wildman–Crippen MR) is 111 cm³/mol. The van der Waals surface area contributed by atoms with Crippen molar-refractivity contribution in [2.24, 2.45) is 0 Å². The molecule has 0 spiro atoms. The van der Waals surface area contributed by atoms with Gasteiger partial charge in [-0.05, 0) is 54.6 Å². The Bertz CT molecular complexity index is 1270. The number of benzene rings is 2. The van der Waals surface area contributed by atoms with Gasteiger partial charge in [0.05, 0.1) is 12.8 Å². The van der Waals surface area contributed by atoms with Gasteiger partial charge >= 0.3 is 0 Å². The molecule has 8 heteroatoms. The average Bonchev–Trinajstić information content (AvgIpc) is 2.73. The van der Waals surface area contributed by atoms with Crippen molar-refractivity contribution in [3.63, 3.8) is 0 Å². The van der Waals surface area contributed by atoms with Crippen molar-refractivity contribution in [3.05, 3.63) is 87.9 Å². The monoisotopic (exact) mass is 406 g/mol. The summed E-state index contributed by atoms with van der Waals surface area (Å²) in [6.45, 7) is 0. The zero-order chi connectivity index (χ0) is 20.4. The molecule has 2 aromatic carbocycles. The van der Waals surface area contributed by atoms with E-state index in [0.29, 0.717) is 33.3 Å². The van der Waals surface area contributed by atoms with Crippen LogP contribution in [0.15, 0.2) is 71.7 Å². The molecule has 1 N–H and O–H groups in total. The summed E-state index contributed by atoms with van der Waals surface area (Å²) >= 11 is 5.96. The number of carbonyl (C=O) groups is 1. The summed E-state index contributed by atoms with van der Waals surface area (Å²) in [6.07, 6.45) is 1.56. The fraction of sp³-hybridized carbons (Fsp3) is 0.0476. The van der Waals surface area contributed by atoms with E-state index in [1.54, 1.807) is 74.0 Å². The fourth-order valence-corrected chi connectivity index (χ4v) is 3.08. The molecule has 4 aromatic rings. The van der Waals surface area contributed by atoms with Crippen LogP contribution in [0.1, 0.15) is 10.5 Å². The number of carbonyl (C=O) groups excluding carboxylic acids is 1. The molecule has 2 aromatic heterocycles. The van der Waals surface area contributed by atoms with Crippen LogP contribution in [-0.2, 0) is 0 Å². The molecule has 0 saturated heterocycles. The highest BCUT2D eigenvalue weighted by molar-refractivity contribution is 6.30. The topological polar surface area (TPSA) is 86.1 Å². The summed E-state index contributed by atoms with van der Waals surface area (Å²) in [7, 11) is 1.56. The van der Waals surface area contributed by atoms with Crippen LogP contribution in [-0.4, -0.2) is 27.6 Å². The molecule has 0 radical (unpaired) electrons. The van der Waals surface area contributed by atoms with Gasteiger partial charge in [0.25, 0.3) is 11.5 Å². The van der Waals surface area contributed by atoms with Gasteiger partial charge in [0.15, 0.2) is 11.3 Å². The van der Waals surface area contributed by atoms with Gasteiger partial charge in [0.1, 0.15) is 11.3 Å². The Balaban J connectivity index is 1.86. The Morgan fingerprint density at radius 3 is 2.62 bits per heavy atom. The number of hydrogen-bond donors (Lipinski definition) is 1. The maximum Gasteiger partial charge on any atom is 0.288 e. The largest absolute Gasteiger partial charge is 0.497 e. The van der Waals surface area contributed by atoms with Crippen LogP contribution in [0.3, 0.4) is 0 Å². The molecular formula is C21H15ClN4O3. The third-order valence-electron chi connectivity index (χ3n) is 4.24. The maximum atomic E-state index is 13.2. The highest BCUT2D eigenvalue weighted by atomic mass is 35.5. The van der Waals surface area contributed by atoms with E-state index >= 15 is 0 Å². The summed E-state index contributed by atoms with van der Waals surface area (Å²) in [5.41, 5.74) is 0.938. The number of aromatic nitrogens is 3. The highest BCUT2D eigenvalue weighted by Crippen LogP contribution is 2.18. The first-order chi connectivity index (χ1) is 14.1. The van der Waals surface area contributed by atoms with Gasteiger partial charge in [-0.2, -0.15) is 0 Å². The van der Waals surface area contributed by atoms with Gasteiger partial charge in [-0.15, -0.1) is 0 Å². The molecule has 1 amide bonds. The van der Waals surface area contributed by atoms with Crippen molar-refractivity contribution < 1.29 is 9.53 Å². The number of nitrogens with zero attached hydrogens (tertiary/aromatic N) is 3. The normalized spacial score (nSPS) is 10.7. The van der Waals surface area contributed by atoms with Crippen LogP contribution in [0.4, 0.5) is 5.69 Å². The number of amides is 1. The Kier molecular flexibility index (Phi) is 4.97. The molecule has 29 heavy (non-hydrogen) atoms. The van der Waals surface area contributed by atoms with E-state index in [9.17, 15) is 9.59 Å². The molecule has 144 valence electrons. The SMILES string of the molecule is COc1ccc(-n2c(=O)c(C(=O)Nc3cccc(Cl)c3)nc3cccnc32)cc1. The van der Waals surface area contributed by atoms with Gasteiger partial charge < -0.3 is 10.1 Å². The zero-order valence-electron chi connectivity index (χ0n) is 15.3. The second-order valence-corrected chi connectivity index (χ2v) is 6.55. The molecule has 2 heterocycles. The minimum absolute atomic E-state index is 0.249. The molecule has 0 atom stereocenters. The standard InChI is InChI=1S/C21H15ClN4O3/c1-29-16-9-7-15(8-10-16)26-19-17(6-3-11-23-19)25-18(21(26)28)20(27)24-14-5-2-4-13(22)12-14/h2-12H,1H3,(H,24,27). The zero-order valence-corrected chi connectivity index (χ0v) is 16.1. The van der Waals surface area contributed by atoms with Crippen molar-refractivity contribution in [1.29, 1.82) is 0 Å². The molecule has 0 bridgehead atoms. The molecule has 0 fully saturated rings. The van der Waals surface area contributed by atoms with E-state index < -0.39 is 11.5 Å². The molecule has 0 aliphatic rings. The van der Waals surface area contributed by atoms with E-state index in [4.69, 9.17) is 16.3 Å². The van der Waals surface area contributed by atoms with Crippen molar-refractivity contribution >= 4 is 34.4 Å². The third kappa shape index (κ3) is 3.68. The predicted octanol–water partition coefficient (Wildman–Crippen LogP) is 3.70. The van der Waals surface area contributed by atoms with Crippen LogP contribution in [0.5, 0.6) is 5.75 Å². The van der Waals surface area contributed by atoms with E-state index in [2.05, 4.69) is 15.3 Å². The first-order valence-corrected chi connectivity index (χ1v) is 9.04. The quantitative estimate of drug-likeness (QED) is 0.558. The maximum absolute atomic E-state index is 13.2. The Hall–Kier alpha value is -3.71. The van der Waals surface area contributed by atoms with Crippen LogP contribution in [0.2, 0.25) is 5.02 Å². The first kappa shape index (κ1) is 18.6. The first-order valence-electron chi connectivity index (χ1n) is 8.66. The molecule has 0 aliphatic carbocycles. The number of methoxy groups -OCH3 is 1. The number of nitrogens with one attached hydrogen (secondary N) is 1. The van der Waals surface area contributed by atoms with Gasteiger partial charge in [-0.25, -0.2) is 9.97 Å². The average molecular weight is 407 g/mol. The lowest BCUT2D eigenvalue weighted by atomic mass is 10.2. The lowest BCUT2D eigenvalue weighted by molar-refractivity contribution is 0.102. The highest BCUT2D eigenvalue weighted by Gasteiger charge is 2.19. The minimum atomic E-state index is -0.634. The van der Waals surface area contributed by atoms with Gasteiger partial charge in [-0.3, -0.25) is 14.2 Å². The molecular weight excluding hydrogens is 392 g/mol. The summed E-state index contributed by atoms with van der Waals surface area (Å²) < 4.78 is 6.53. The fourth-order valence-electron chi connectivity index (χ4n) is 2.89. The number of hydrogen-bond acceptors (Lipinski definition) is 5. The second kappa shape index (κ2) is 7.73. The van der Waals surface area contributed by atoms with E-state index in [-0.39, 0.29) is 5.69 Å². The Morgan fingerprint density at radius 1 is 1.10 bits per heavy atom. The number of ether oxygens (including phenoxy) is 1. The number of fused-ring (bicyclic) bond motifs is 1. The number of halogens is 1. The van der Waals surface area contributed by atoms with Crippen molar-refractivity contribution in [1.82, 2.24) is 14.5 Å². The van der Waals surface area contributed by atoms with Crippen LogP contribution in [0, 0.1) is 0 Å². The summed E-state index contributed by atoms with van der Waals surface area (Å²) in [6, 6.07) is 16.9. The molecule has 0 saturated carbocycles. The molecule has 7 nitrogen and oxygen atoms in total. The van der Waals surface area contributed by atoms with Crippen molar-refractivity contribution in [3.8, 4) is 11.4 Å². The lowest BCUT2D eigenvalue weighted by Gasteiger charge is -2.12. The Labute approximate surface area is 170 Å². The van der Waals surface area contributed by atoms with E-state index in [1.807, 2.05) is 0 Å². The molecule has 0 unspecified atom stereocenters. The van der Waals surface area contributed by atoms with Gasteiger partial charge in [0, 0.05) is 16.9 Å². The summed E-state index contributed by atoms with van der Waals surface area (Å²) in [4.78, 5) is 34.5. The van der Waals surface area contributed by atoms with Crippen LogP contribution >= 0.6 is 11.6 Å². The van der Waals surface area contributed by atoms with Crippen molar-refractivity contribution in [2.75, 3.05) is 12.4 Å². The minimum Gasteiger partial charge on any atom is -0.497 e. The number of rotatable bonds is 4. The number of anilines is 1. The molecule has 0 aliphatic heterocycles. The summed E-state index contributed by atoms with van der Waals surface area (Å²) in [5, 5.41) is 3.13. The van der Waals surface area contributed by atoms with Crippen LogP contribution in [0.25, 0.3) is 16.9 Å². The second-order valence-electron chi connectivity index (χ2n) is 6.11. The van der Waals surface area contributed by atoms with E-state index in [1.165, 1.54) is 4.57 Å². The number of pyridine rings is 1. The molecule has 4 rings (SSSR count). The van der Waals surface area contributed by atoms with Gasteiger partial charge in [-0.1, -0.05) is 17.7 Å². The lowest BCUT2D eigenvalue weighted by Crippen LogP contribution is -2.30. The van der Waals surface area contributed by atoms with Gasteiger partial charge in [0.2, 0.25) is 0 Å². The van der Waals surface area contributed by atoms with Crippen LogP contribution < -0.4 is 15.6 Å².